The molecule has 0 aromatic carbocycles. The van der Waals surface area contributed by atoms with E-state index in [2.05, 4.69) is 34.3 Å². The van der Waals surface area contributed by atoms with E-state index in [4.69, 9.17) is 16.2 Å². The molecular weight excluding hydrogens is 497 g/mol. The van der Waals surface area contributed by atoms with Crippen molar-refractivity contribution in [3.63, 3.8) is 0 Å². The lowest BCUT2D eigenvalue weighted by Crippen LogP contribution is -2.66. The van der Waals surface area contributed by atoms with Gasteiger partial charge in [-0.2, -0.15) is 0 Å². The van der Waals surface area contributed by atoms with Gasteiger partial charge in [0.15, 0.2) is 0 Å². The summed E-state index contributed by atoms with van der Waals surface area (Å²) >= 11 is 0. The molecule has 1 amide bonds. The lowest BCUT2D eigenvalue weighted by Gasteiger charge is -2.46. The number of hydrogen-bond donors (Lipinski definition) is 4. The second-order valence-electron chi connectivity index (χ2n) is 13.3. The number of nitrogens with one attached hydrogen (secondary N) is 2. The number of piperazine rings is 1. The highest BCUT2D eigenvalue weighted by Crippen LogP contribution is 2.73. The molecule has 10 heteroatoms. The van der Waals surface area contributed by atoms with Crippen LogP contribution in [0.15, 0.2) is 0 Å². The summed E-state index contributed by atoms with van der Waals surface area (Å²) < 4.78 is 20.9. The summed E-state index contributed by atoms with van der Waals surface area (Å²) in [5.74, 6) is -0.659. The van der Waals surface area contributed by atoms with E-state index < -0.39 is 18.3 Å². The number of halogens is 1. The van der Waals surface area contributed by atoms with Crippen molar-refractivity contribution in [2.75, 3.05) is 66.1 Å². The van der Waals surface area contributed by atoms with Gasteiger partial charge in [0.2, 0.25) is 5.91 Å². The van der Waals surface area contributed by atoms with Gasteiger partial charge in [0.05, 0.1) is 24.7 Å². The molecule has 0 aromatic rings. The summed E-state index contributed by atoms with van der Waals surface area (Å²) in [7, 11) is 1.95. The Labute approximate surface area is 234 Å². The van der Waals surface area contributed by atoms with E-state index >= 15 is 4.39 Å². The molecular formula is C29H54FN7O2. The van der Waals surface area contributed by atoms with Crippen LogP contribution in [0.1, 0.15) is 58.8 Å². The fourth-order valence-corrected chi connectivity index (χ4v) is 8.92. The normalized spacial score (nSPS) is 41.6. The summed E-state index contributed by atoms with van der Waals surface area (Å²) in [4.78, 5) is 21.2. The fraction of sp³-hybridized carbons (Fsp3) is 0.966. The molecule has 4 aliphatic heterocycles. The van der Waals surface area contributed by atoms with Crippen LogP contribution in [0, 0.1) is 16.7 Å². The minimum Gasteiger partial charge on any atom is -0.380 e. The van der Waals surface area contributed by atoms with Crippen LogP contribution in [0.2, 0.25) is 0 Å². The average Bonchev–Trinajstić information content (AvgIpc) is 3.23. The number of rotatable bonds is 8. The van der Waals surface area contributed by atoms with Gasteiger partial charge in [-0.15, -0.1) is 0 Å². The molecule has 1 aliphatic carbocycles. The number of ether oxygens (including phenoxy) is 1. The Hall–Kier alpha value is -0.880. The first kappa shape index (κ1) is 29.6. The number of alkyl halides is 1. The van der Waals surface area contributed by atoms with E-state index in [-0.39, 0.29) is 34.9 Å². The molecule has 4 saturated heterocycles. The number of carbonyl (C=O) groups excluding carboxylic acids is 1. The molecule has 39 heavy (non-hydrogen) atoms. The van der Waals surface area contributed by atoms with E-state index in [0.717, 1.165) is 91.0 Å². The third kappa shape index (κ3) is 5.90. The second kappa shape index (κ2) is 12.2. The van der Waals surface area contributed by atoms with Crippen molar-refractivity contribution in [2.45, 2.75) is 95.3 Å². The van der Waals surface area contributed by atoms with E-state index in [9.17, 15) is 4.79 Å². The molecule has 8 unspecified atom stereocenters. The monoisotopic (exact) mass is 551 g/mol. The highest BCUT2D eigenvalue weighted by Gasteiger charge is 2.66. The van der Waals surface area contributed by atoms with Gasteiger partial charge in [0.25, 0.3) is 0 Å². The Morgan fingerprint density at radius 1 is 1.10 bits per heavy atom. The van der Waals surface area contributed by atoms with Crippen molar-refractivity contribution in [3.05, 3.63) is 0 Å². The second-order valence-corrected chi connectivity index (χ2v) is 13.3. The van der Waals surface area contributed by atoms with Crippen LogP contribution >= 0.6 is 0 Å². The van der Waals surface area contributed by atoms with Gasteiger partial charge < -0.3 is 26.8 Å². The first-order valence-corrected chi connectivity index (χ1v) is 15.6. The summed E-state index contributed by atoms with van der Waals surface area (Å²) in [6.45, 7) is 12.3. The average molecular weight is 552 g/mol. The highest BCUT2D eigenvalue weighted by atomic mass is 19.1. The quantitative estimate of drug-likeness (QED) is 0.327. The minimum atomic E-state index is -0.898. The van der Waals surface area contributed by atoms with Crippen molar-refractivity contribution in [3.8, 4) is 0 Å². The van der Waals surface area contributed by atoms with E-state index in [0.29, 0.717) is 19.0 Å². The third-order valence-electron chi connectivity index (χ3n) is 11.4. The first-order valence-electron chi connectivity index (χ1n) is 15.6. The molecule has 0 radical (unpaired) electrons. The number of hydrogen-bond acceptors (Lipinski definition) is 8. The molecule has 224 valence electrons. The van der Waals surface area contributed by atoms with E-state index in [1.54, 1.807) is 0 Å². The van der Waals surface area contributed by atoms with Crippen LogP contribution in [-0.2, 0) is 9.53 Å². The van der Waals surface area contributed by atoms with Crippen LogP contribution in [-0.4, -0.2) is 123 Å². The third-order valence-corrected chi connectivity index (χ3v) is 11.4. The van der Waals surface area contributed by atoms with Crippen molar-refractivity contribution in [1.29, 1.82) is 0 Å². The van der Waals surface area contributed by atoms with Crippen molar-refractivity contribution in [1.82, 2.24) is 25.3 Å². The standard InChI is InChI=1S/C29H54FN7O2/c1-4-28-14-20(30)17-35(3)24(15-29(28,5-2)19-28)25(26(31)32)27(38)34-22-16-33-8-6-23(22)37-11-9-36(10-12-37)21-7-13-39-18-21/h20-26,33H,4-19,31-32H2,1-3H3,(H,34,38). The van der Waals surface area contributed by atoms with Crippen LogP contribution < -0.4 is 22.1 Å². The lowest BCUT2D eigenvalue weighted by molar-refractivity contribution is -0.130. The molecule has 8 atom stereocenters. The van der Waals surface area contributed by atoms with Crippen molar-refractivity contribution in [2.24, 2.45) is 28.2 Å². The van der Waals surface area contributed by atoms with Gasteiger partial charge in [-0.25, -0.2) is 4.39 Å². The van der Waals surface area contributed by atoms with Crippen LogP contribution in [0.5, 0.6) is 0 Å². The molecule has 5 rings (SSSR count). The Morgan fingerprint density at radius 2 is 1.79 bits per heavy atom. The zero-order valence-electron chi connectivity index (χ0n) is 24.5. The number of nitrogens with zero attached hydrogens (tertiary/aromatic N) is 3. The van der Waals surface area contributed by atoms with Gasteiger partial charge in [0.1, 0.15) is 6.17 Å². The molecule has 9 nitrogen and oxygen atoms in total. The minimum absolute atomic E-state index is 0.00237. The maximum atomic E-state index is 15.3. The van der Waals surface area contributed by atoms with Gasteiger partial charge in [-0.3, -0.25) is 19.5 Å². The number of fused-ring (bicyclic) bond motifs is 1. The first-order chi connectivity index (χ1) is 18.7. The highest BCUT2D eigenvalue weighted by molar-refractivity contribution is 5.80. The molecule has 5 fully saturated rings. The molecule has 0 bridgehead atoms. The number of amides is 1. The molecule has 0 spiro atoms. The summed E-state index contributed by atoms with van der Waals surface area (Å²) in [5.41, 5.74) is 12.9. The van der Waals surface area contributed by atoms with E-state index in [1.165, 1.54) is 0 Å². The Morgan fingerprint density at radius 3 is 2.44 bits per heavy atom. The maximum absolute atomic E-state index is 15.3. The Balaban J connectivity index is 1.27. The molecule has 0 aromatic heterocycles. The zero-order chi connectivity index (χ0) is 27.8. The van der Waals surface area contributed by atoms with Crippen molar-refractivity contribution < 1.29 is 13.9 Å². The number of likely N-dealkylation sites (tertiary alicyclic amines) is 1. The predicted octanol–water partition coefficient (Wildman–Crippen LogP) is 0.728. The largest absolute Gasteiger partial charge is 0.380 e. The predicted molar refractivity (Wildman–Crippen MR) is 152 cm³/mol. The molecule has 5 aliphatic rings. The molecule has 6 N–H and O–H groups in total. The summed E-state index contributed by atoms with van der Waals surface area (Å²) in [6, 6.07) is 0.660. The zero-order valence-corrected chi connectivity index (χ0v) is 24.5. The molecule has 1 saturated carbocycles. The van der Waals surface area contributed by atoms with E-state index in [1.807, 2.05) is 11.9 Å². The maximum Gasteiger partial charge on any atom is 0.227 e. The van der Waals surface area contributed by atoms with Crippen LogP contribution in [0.4, 0.5) is 4.39 Å². The topological polar surface area (TPSA) is 112 Å². The lowest BCUT2D eigenvalue weighted by atomic mass is 9.75. The summed E-state index contributed by atoms with van der Waals surface area (Å²) in [6.07, 6.45) is 4.93. The number of carbonyl (C=O) groups is 1. The van der Waals surface area contributed by atoms with Crippen molar-refractivity contribution >= 4 is 5.91 Å². The smallest absolute Gasteiger partial charge is 0.227 e. The SMILES string of the molecule is CCC12CC(F)CN(C)C(C(C(=O)NC3CNCCC3N3CCN(C4CCOC4)CC3)C(N)N)CC1(CC)C2. The summed E-state index contributed by atoms with van der Waals surface area (Å²) in [5, 5.41) is 6.90. The van der Waals surface area contributed by atoms with Gasteiger partial charge in [-0.1, -0.05) is 13.8 Å². The Kier molecular flexibility index (Phi) is 9.23. The number of piperidine rings is 1. The van der Waals surface area contributed by atoms with Gasteiger partial charge in [-0.05, 0) is 69.4 Å². The fourth-order valence-electron chi connectivity index (χ4n) is 8.92. The molecule has 4 heterocycles. The van der Waals surface area contributed by atoms with Gasteiger partial charge in [0, 0.05) is 64.0 Å². The van der Waals surface area contributed by atoms with Gasteiger partial charge >= 0.3 is 0 Å². The van der Waals surface area contributed by atoms with Crippen LogP contribution in [0.3, 0.4) is 0 Å². The van der Waals surface area contributed by atoms with Crippen LogP contribution in [0.25, 0.3) is 0 Å². The Bertz CT molecular complexity index is 836. The number of nitrogens with two attached hydrogens (primary N) is 2.